The van der Waals surface area contributed by atoms with E-state index in [0.717, 1.165) is 52.2 Å². The van der Waals surface area contributed by atoms with Crippen molar-refractivity contribution in [2.45, 2.75) is 18.9 Å². The molecule has 0 aliphatic carbocycles. The number of carbonyl (C=O) groups excluding carboxylic acids is 1. The molecule has 2 aliphatic heterocycles. The quantitative estimate of drug-likeness (QED) is 0.723. The zero-order valence-electron chi connectivity index (χ0n) is 10.7. The molecule has 2 fully saturated rings. The van der Waals surface area contributed by atoms with Crippen molar-refractivity contribution in [3.63, 3.8) is 0 Å². The average Bonchev–Trinajstić information content (AvgIpc) is 2.85. The Balaban J connectivity index is 1.65. The standard InChI is InChI=1S/C12H23N3O2/c1-17-11-2-6-14(10-11)7-3-12(16)15-8-4-13-5-9-15/h11,13H,2-10H2,1H3. The molecule has 0 radical (unpaired) electrons. The molecule has 0 spiro atoms. The van der Waals surface area contributed by atoms with E-state index in [1.165, 1.54) is 0 Å². The van der Waals surface area contributed by atoms with Crippen LogP contribution in [0.5, 0.6) is 0 Å². The molecular formula is C12H23N3O2. The van der Waals surface area contributed by atoms with Crippen LogP contribution in [0.1, 0.15) is 12.8 Å². The summed E-state index contributed by atoms with van der Waals surface area (Å²) in [4.78, 5) is 16.2. The van der Waals surface area contributed by atoms with Crippen molar-refractivity contribution in [1.29, 1.82) is 0 Å². The van der Waals surface area contributed by atoms with Crippen LogP contribution in [-0.4, -0.2) is 74.7 Å². The van der Waals surface area contributed by atoms with Gasteiger partial charge in [-0.3, -0.25) is 4.79 Å². The number of amides is 1. The second-order valence-electron chi connectivity index (χ2n) is 4.83. The number of hydrogen-bond acceptors (Lipinski definition) is 4. The van der Waals surface area contributed by atoms with E-state index in [4.69, 9.17) is 4.74 Å². The Morgan fingerprint density at radius 2 is 2.12 bits per heavy atom. The van der Waals surface area contributed by atoms with Crippen molar-refractivity contribution in [3.8, 4) is 0 Å². The Morgan fingerprint density at radius 1 is 1.35 bits per heavy atom. The van der Waals surface area contributed by atoms with Crippen molar-refractivity contribution >= 4 is 5.91 Å². The molecule has 0 aromatic rings. The normalized spacial score (nSPS) is 26.4. The van der Waals surface area contributed by atoms with Crippen LogP contribution >= 0.6 is 0 Å². The smallest absolute Gasteiger partial charge is 0.223 e. The van der Waals surface area contributed by atoms with Gasteiger partial charge < -0.3 is 19.9 Å². The molecule has 17 heavy (non-hydrogen) atoms. The highest BCUT2D eigenvalue weighted by atomic mass is 16.5. The zero-order chi connectivity index (χ0) is 12.1. The predicted molar refractivity (Wildman–Crippen MR) is 65.9 cm³/mol. The molecule has 1 atom stereocenters. The monoisotopic (exact) mass is 241 g/mol. The molecule has 98 valence electrons. The van der Waals surface area contributed by atoms with E-state index in [1.54, 1.807) is 7.11 Å². The van der Waals surface area contributed by atoms with E-state index in [2.05, 4.69) is 10.2 Å². The van der Waals surface area contributed by atoms with Crippen LogP contribution in [0.25, 0.3) is 0 Å². The summed E-state index contributed by atoms with van der Waals surface area (Å²) in [5.41, 5.74) is 0. The summed E-state index contributed by atoms with van der Waals surface area (Å²) in [5.74, 6) is 0.298. The number of hydrogen-bond donors (Lipinski definition) is 1. The van der Waals surface area contributed by atoms with Gasteiger partial charge in [-0.15, -0.1) is 0 Å². The first-order valence-electron chi connectivity index (χ1n) is 6.53. The van der Waals surface area contributed by atoms with E-state index < -0.39 is 0 Å². The Hall–Kier alpha value is -0.650. The van der Waals surface area contributed by atoms with Crippen LogP contribution in [0, 0.1) is 0 Å². The summed E-state index contributed by atoms with van der Waals surface area (Å²) >= 11 is 0. The highest BCUT2D eigenvalue weighted by molar-refractivity contribution is 5.76. The zero-order valence-corrected chi connectivity index (χ0v) is 10.7. The lowest BCUT2D eigenvalue weighted by Gasteiger charge is -2.28. The van der Waals surface area contributed by atoms with Crippen molar-refractivity contribution in [2.24, 2.45) is 0 Å². The Kier molecular flexibility index (Phi) is 4.76. The van der Waals surface area contributed by atoms with Gasteiger partial charge in [-0.25, -0.2) is 0 Å². The Labute approximate surface area is 103 Å². The molecule has 0 aromatic heterocycles. The molecule has 2 heterocycles. The third-order valence-electron chi connectivity index (χ3n) is 3.67. The van der Waals surface area contributed by atoms with Gasteiger partial charge in [0, 0.05) is 59.3 Å². The number of rotatable bonds is 4. The molecule has 2 saturated heterocycles. The molecule has 2 aliphatic rings. The minimum Gasteiger partial charge on any atom is -0.380 e. The first-order valence-corrected chi connectivity index (χ1v) is 6.53. The summed E-state index contributed by atoms with van der Waals surface area (Å²) in [6.07, 6.45) is 2.11. The van der Waals surface area contributed by atoms with Gasteiger partial charge in [-0.1, -0.05) is 0 Å². The average molecular weight is 241 g/mol. The lowest BCUT2D eigenvalue weighted by atomic mass is 10.3. The van der Waals surface area contributed by atoms with Gasteiger partial charge in [0.25, 0.3) is 0 Å². The lowest BCUT2D eigenvalue weighted by Crippen LogP contribution is -2.47. The first kappa shape index (κ1) is 12.8. The Bertz CT molecular complexity index is 254. The van der Waals surface area contributed by atoms with E-state index in [1.807, 2.05) is 4.90 Å². The molecule has 1 N–H and O–H groups in total. The van der Waals surface area contributed by atoms with Gasteiger partial charge in [-0.05, 0) is 6.42 Å². The predicted octanol–water partition coefficient (Wildman–Crippen LogP) is -0.471. The van der Waals surface area contributed by atoms with Gasteiger partial charge in [0.05, 0.1) is 6.10 Å². The number of ether oxygens (including phenoxy) is 1. The summed E-state index contributed by atoms with van der Waals surface area (Å²) < 4.78 is 5.32. The highest BCUT2D eigenvalue weighted by Crippen LogP contribution is 2.12. The van der Waals surface area contributed by atoms with Crippen LogP contribution < -0.4 is 5.32 Å². The third kappa shape index (κ3) is 3.66. The van der Waals surface area contributed by atoms with E-state index in [0.29, 0.717) is 18.4 Å². The highest BCUT2D eigenvalue weighted by Gasteiger charge is 2.23. The molecule has 5 heteroatoms. The van der Waals surface area contributed by atoms with E-state index in [9.17, 15) is 4.79 Å². The number of methoxy groups -OCH3 is 1. The van der Waals surface area contributed by atoms with Crippen LogP contribution in [-0.2, 0) is 9.53 Å². The van der Waals surface area contributed by atoms with Crippen molar-refractivity contribution in [3.05, 3.63) is 0 Å². The van der Waals surface area contributed by atoms with E-state index in [-0.39, 0.29) is 0 Å². The fourth-order valence-corrected chi connectivity index (χ4v) is 2.52. The molecule has 0 bridgehead atoms. The van der Waals surface area contributed by atoms with Gasteiger partial charge in [0.15, 0.2) is 0 Å². The number of piperazine rings is 1. The van der Waals surface area contributed by atoms with Crippen LogP contribution in [0.3, 0.4) is 0 Å². The maximum absolute atomic E-state index is 11.9. The molecule has 0 saturated carbocycles. The molecule has 5 nitrogen and oxygen atoms in total. The maximum atomic E-state index is 11.9. The van der Waals surface area contributed by atoms with Gasteiger partial charge in [-0.2, -0.15) is 0 Å². The third-order valence-corrected chi connectivity index (χ3v) is 3.67. The van der Waals surface area contributed by atoms with Crippen LogP contribution in [0.15, 0.2) is 0 Å². The first-order chi connectivity index (χ1) is 8.29. The maximum Gasteiger partial charge on any atom is 0.223 e. The molecule has 1 amide bonds. The van der Waals surface area contributed by atoms with Gasteiger partial charge in [0.2, 0.25) is 5.91 Å². The summed E-state index contributed by atoms with van der Waals surface area (Å²) in [6, 6.07) is 0. The fourth-order valence-electron chi connectivity index (χ4n) is 2.52. The van der Waals surface area contributed by atoms with Crippen LogP contribution in [0.2, 0.25) is 0 Å². The lowest BCUT2D eigenvalue weighted by molar-refractivity contribution is -0.132. The molecule has 0 aromatic carbocycles. The molecule has 1 unspecified atom stereocenters. The minimum absolute atomic E-state index is 0.298. The number of nitrogens with one attached hydrogen (secondary N) is 1. The van der Waals surface area contributed by atoms with Crippen molar-refractivity contribution in [2.75, 3.05) is 52.9 Å². The number of carbonyl (C=O) groups is 1. The molecular weight excluding hydrogens is 218 g/mol. The summed E-state index contributed by atoms with van der Waals surface area (Å²) in [5, 5.41) is 3.26. The molecule has 2 rings (SSSR count). The number of likely N-dealkylation sites (tertiary alicyclic amines) is 1. The topological polar surface area (TPSA) is 44.8 Å². The van der Waals surface area contributed by atoms with Crippen molar-refractivity contribution < 1.29 is 9.53 Å². The SMILES string of the molecule is COC1CCN(CCC(=O)N2CCNCC2)C1. The Morgan fingerprint density at radius 3 is 2.76 bits per heavy atom. The number of nitrogens with zero attached hydrogens (tertiary/aromatic N) is 2. The van der Waals surface area contributed by atoms with Gasteiger partial charge in [0.1, 0.15) is 0 Å². The van der Waals surface area contributed by atoms with Crippen molar-refractivity contribution in [1.82, 2.24) is 15.1 Å². The van der Waals surface area contributed by atoms with Gasteiger partial charge >= 0.3 is 0 Å². The second kappa shape index (κ2) is 6.33. The largest absolute Gasteiger partial charge is 0.380 e. The van der Waals surface area contributed by atoms with Crippen LogP contribution in [0.4, 0.5) is 0 Å². The minimum atomic E-state index is 0.298. The van der Waals surface area contributed by atoms with E-state index >= 15 is 0 Å². The summed E-state index contributed by atoms with van der Waals surface area (Å²) in [7, 11) is 1.76. The second-order valence-corrected chi connectivity index (χ2v) is 4.83. The fraction of sp³-hybridized carbons (Fsp3) is 0.917. The summed E-state index contributed by atoms with van der Waals surface area (Å²) in [6.45, 7) is 6.50.